The highest BCUT2D eigenvalue weighted by Gasteiger charge is 2.11. The van der Waals surface area contributed by atoms with Gasteiger partial charge in [-0.15, -0.1) is 0 Å². The molecule has 1 N–H and O–H groups in total. The number of aliphatic hydroxyl groups excluding tert-OH is 1. The zero-order valence-corrected chi connectivity index (χ0v) is 9.77. The molecule has 0 saturated carbocycles. The summed E-state index contributed by atoms with van der Waals surface area (Å²) in [4.78, 5) is 11.9. The SMILES string of the molecule is CN(CCO)c1ccc([N+](=O)[O-])cc1Br. The molecule has 0 aliphatic rings. The van der Waals surface area contributed by atoms with Gasteiger partial charge < -0.3 is 10.0 Å². The molecule has 0 aliphatic carbocycles. The van der Waals surface area contributed by atoms with Crippen LogP contribution in [0.1, 0.15) is 0 Å². The zero-order chi connectivity index (χ0) is 11.4. The van der Waals surface area contributed by atoms with Crippen LogP contribution < -0.4 is 4.90 Å². The van der Waals surface area contributed by atoms with Gasteiger partial charge in [0.1, 0.15) is 0 Å². The molecule has 0 radical (unpaired) electrons. The van der Waals surface area contributed by atoms with E-state index in [0.717, 1.165) is 5.69 Å². The minimum absolute atomic E-state index is 0.0416. The Morgan fingerprint density at radius 3 is 2.73 bits per heavy atom. The highest BCUT2D eigenvalue weighted by atomic mass is 79.9. The van der Waals surface area contributed by atoms with Crippen molar-refractivity contribution in [2.24, 2.45) is 0 Å². The number of nitro groups is 1. The van der Waals surface area contributed by atoms with Gasteiger partial charge in [0.05, 0.1) is 17.2 Å². The van der Waals surface area contributed by atoms with Crippen LogP contribution in [0.4, 0.5) is 11.4 Å². The quantitative estimate of drug-likeness (QED) is 0.672. The second kappa shape index (κ2) is 5.09. The standard InChI is InChI=1S/C9H11BrN2O3/c1-11(4-5-13)9-3-2-7(12(14)15)6-8(9)10/h2-3,6,13H,4-5H2,1H3. The Labute approximate surface area is 95.6 Å². The summed E-state index contributed by atoms with van der Waals surface area (Å²) in [6, 6.07) is 4.54. The molecule has 5 nitrogen and oxygen atoms in total. The van der Waals surface area contributed by atoms with Crippen molar-refractivity contribution in [3.05, 3.63) is 32.8 Å². The first-order valence-corrected chi connectivity index (χ1v) is 5.11. The molecule has 1 aromatic rings. The van der Waals surface area contributed by atoms with Crippen LogP contribution >= 0.6 is 15.9 Å². The third-order valence-electron chi connectivity index (χ3n) is 1.99. The Morgan fingerprint density at radius 2 is 2.27 bits per heavy atom. The molecular weight excluding hydrogens is 264 g/mol. The number of benzene rings is 1. The first kappa shape index (κ1) is 11.9. The topological polar surface area (TPSA) is 66.6 Å². The predicted molar refractivity (Wildman–Crippen MR) is 61.2 cm³/mol. The number of aliphatic hydroxyl groups is 1. The number of non-ortho nitro benzene ring substituents is 1. The Bertz CT molecular complexity index is 370. The summed E-state index contributed by atoms with van der Waals surface area (Å²) in [5.41, 5.74) is 0.859. The van der Waals surface area contributed by atoms with Crippen LogP contribution in [0.25, 0.3) is 0 Å². The van der Waals surface area contributed by atoms with Crippen LogP contribution in [-0.2, 0) is 0 Å². The van der Waals surface area contributed by atoms with Gasteiger partial charge in [-0.3, -0.25) is 10.1 Å². The van der Waals surface area contributed by atoms with Crippen molar-refractivity contribution in [2.75, 3.05) is 25.1 Å². The summed E-state index contributed by atoms with van der Waals surface area (Å²) >= 11 is 3.26. The van der Waals surface area contributed by atoms with E-state index in [9.17, 15) is 10.1 Å². The van der Waals surface area contributed by atoms with E-state index >= 15 is 0 Å². The molecule has 0 saturated heterocycles. The smallest absolute Gasteiger partial charge is 0.270 e. The number of halogens is 1. The number of likely N-dealkylation sites (N-methyl/N-ethyl adjacent to an activating group) is 1. The van der Waals surface area contributed by atoms with Gasteiger partial charge in [-0.25, -0.2) is 0 Å². The van der Waals surface area contributed by atoms with E-state index in [4.69, 9.17) is 5.11 Å². The zero-order valence-electron chi connectivity index (χ0n) is 8.18. The predicted octanol–water partition coefficient (Wildman–Crippen LogP) is 1.79. The van der Waals surface area contributed by atoms with Crippen molar-refractivity contribution in [3.8, 4) is 0 Å². The lowest BCUT2D eigenvalue weighted by atomic mass is 10.2. The normalized spacial score (nSPS) is 10.1. The second-order valence-corrected chi connectivity index (χ2v) is 3.89. The van der Waals surface area contributed by atoms with Crippen LogP contribution in [0.2, 0.25) is 0 Å². The molecule has 1 aromatic carbocycles. The molecule has 0 fully saturated rings. The fourth-order valence-electron chi connectivity index (χ4n) is 1.19. The molecule has 1 rings (SSSR count). The summed E-state index contributed by atoms with van der Waals surface area (Å²) in [6.07, 6.45) is 0. The number of anilines is 1. The first-order chi connectivity index (χ1) is 7.06. The van der Waals surface area contributed by atoms with Crippen LogP contribution in [0.5, 0.6) is 0 Å². The second-order valence-electron chi connectivity index (χ2n) is 3.04. The number of hydrogen-bond acceptors (Lipinski definition) is 4. The monoisotopic (exact) mass is 274 g/mol. The first-order valence-electron chi connectivity index (χ1n) is 4.32. The molecule has 0 bridgehead atoms. The summed E-state index contributed by atoms with van der Waals surface area (Å²) in [5, 5.41) is 19.3. The molecule has 0 aromatic heterocycles. The van der Waals surface area contributed by atoms with Crippen LogP contribution in [0.3, 0.4) is 0 Å². The molecule has 0 heterocycles. The van der Waals surface area contributed by atoms with E-state index in [1.165, 1.54) is 12.1 Å². The largest absolute Gasteiger partial charge is 0.395 e. The van der Waals surface area contributed by atoms with E-state index in [1.807, 2.05) is 11.9 Å². The van der Waals surface area contributed by atoms with Crippen LogP contribution in [0, 0.1) is 10.1 Å². The van der Waals surface area contributed by atoms with Gasteiger partial charge in [0.25, 0.3) is 5.69 Å². The van der Waals surface area contributed by atoms with Gasteiger partial charge in [0, 0.05) is 30.2 Å². The summed E-state index contributed by atoms with van der Waals surface area (Å²) in [7, 11) is 1.81. The van der Waals surface area contributed by atoms with Gasteiger partial charge in [-0.05, 0) is 22.0 Å². The highest BCUT2D eigenvalue weighted by molar-refractivity contribution is 9.10. The lowest BCUT2D eigenvalue weighted by molar-refractivity contribution is -0.384. The molecule has 0 unspecified atom stereocenters. The number of rotatable bonds is 4. The summed E-state index contributed by atoms with van der Waals surface area (Å²) in [6.45, 7) is 0.524. The van der Waals surface area contributed by atoms with E-state index in [-0.39, 0.29) is 12.3 Å². The molecule has 0 amide bonds. The maximum absolute atomic E-state index is 10.5. The number of nitro benzene ring substituents is 1. The molecule has 0 atom stereocenters. The van der Waals surface area contributed by atoms with Crippen molar-refractivity contribution in [1.29, 1.82) is 0 Å². The van der Waals surface area contributed by atoms with Gasteiger partial charge in [0.2, 0.25) is 0 Å². The minimum atomic E-state index is -0.444. The fraction of sp³-hybridized carbons (Fsp3) is 0.333. The van der Waals surface area contributed by atoms with Gasteiger partial charge in [-0.2, -0.15) is 0 Å². The van der Waals surface area contributed by atoms with Gasteiger partial charge in [-0.1, -0.05) is 0 Å². The van der Waals surface area contributed by atoms with Crippen LogP contribution in [-0.4, -0.2) is 30.2 Å². The lowest BCUT2D eigenvalue weighted by Crippen LogP contribution is -2.21. The van der Waals surface area contributed by atoms with E-state index in [0.29, 0.717) is 11.0 Å². The molecule has 0 spiro atoms. The van der Waals surface area contributed by atoms with Crippen molar-refractivity contribution >= 4 is 27.3 Å². The van der Waals surface area contributed by atoms with Crippen molar-refractivity contribution in [2.45, 2.75) is 0 Å². The maximum Gasteiger partial charge on any atom is 0.270 e. The molecule has 15 heavy (non-hydrogen) atoms. The van der Waals surface area contributed by atoms with Crippen molar-refractivity contribution in [1.82, 2.24) is 0 Å². The summed E-state index contributed by atoms with van der Waals surface area (Å²) in [5.74, 6) is 0. The number of hydrogen-bond donors (Lipinski definition) is 1. The number of nitrogens with zero attached hydrogens (tertiary/aromatic N) is 2. The third-order valence-corrected chi connectivity index (χ3v) is 2.62. The van der Waals surface area contributed by atoms with Crippen molar-refractivity contribution < 1.29 is 10.0 Å². The Hall–Kier alpha value is -1.14. The van der Waals surface area contributed by atoms with Gasteiger partial charge in [0.15, 0.2) is 0 Å². The third kappa shape index (κ3) is 2.90. The Morgan fingerprint density at radius 1 is 1.60 bits per heavy atom. The molecule has 6 heteroatoms. The summed E-state index contributed by atoms with van der Waals surface area (Å²) < 4.78 is 0.646. The Kier molecular flexibility index (Phi) is 4.05. The van der Waals surface area contributed by atoms with E-state index < -0.39 is 4.92 Å². The molecular formula is C9H11BrN2O3. The van der Waals surface area contributed by atoms with Gasteiger partial charge >= 0.3 is 0 Å². The maximum atomic E-state index is 10.5. The highest BCUT2D eigenvalue weighted by Crippen LogP contribution is 2.29. The fourth-order valence-corrected chi connectivity index (χ4v) is 1.86. The Balaban J connectivity index is 2.97. The van der Waals surface area contributed by atoms with E-state index in [1.54, 1.807) is 6.07 Å². The van der Waals surface area contributed by atoms with E-state index in [2.05, 4.69) is 15.9 Å². The average Bonchev–Trinajstić information content (AvgIpc) is 2.17. The molecule has 0 aliphatic heterocycles. The minimum Gasteiger partial charge on any atom is -0.395 e. The average molecular weight is 275 g/mol. The lowest BCUT2D eigenvalue weighted by Gasteiger charge is -2.19. The van der Waals surface area contributed by atoms with Crippen molar-refractivity contribution in [3.63, 3.8) is 0 Å². The van der Waals surface area contributed by atoms with Crippen LogP contribution in [0.15, 0.2) is 22.7 Å². The molecule has 82 valence electrons.